The van der Waals surface area contributed by atoms with Crippen LogP contribution in [-0.2, 0) is 4.79 Å². The van der Waals surface area contributed by atoms with Gasteiger partial charge in [0, 0.05) is 53.0 Å². The Kier molecular flexibility index (Phi) is 7.25. The van der Waals surface area contributed by atoms with Gasteiger partial charge in [0.2, 0.25) is 5.91 Å². The molecule has 1 spiro atoms. The second kappa shape index (κ2) is 11.2. The molecule has 5 aromatic rings. The van der Waals surface area contributed by atoms with Gasteiger partial charge in [-0.15, -0.1) is 0 Å². The van der Waals surface area contributed by atoms with Gasteiger partial charge in [-0.05, 0) is 72.7 Å². The zero-order chi connectivity index (χ0) is 32.3. The number of aromatic amines is 1. The Morgan fingerprint density at radius 1 is 1.13 bits per heavy atom. The van der Waals surface area contributed by atoms with Crippen molar-refractivity contribution in [3.63, 3.8) is 0 Å². The fourth-order valence-electron chi connectivity index (χ4n) is 7.46. The lowest BCUT2D eigenvalue weighted by Gasteiger charge is -2.54. The number of nitrogens with one attached hydrogen (secondary N) is 1. The third-order valence-corrected chi connectivity index (χ3v) is 10.2. The van der Waals surface area contributed by atoms with Crippen LogP contribution in [0.5, 0.6) is 0 Å². The lowest BCUT2D eigenvalue weighted by Crippen LogP contribution is -2.61. The first kappa shape index (κ1) is 29.8. The van der Waals surface area contributed by atoms with E-state index in [9.17, 15) is 9.59 Å². The van der Waals surface area contributed by atoms with E-state index in [-0.39, 0.29) is 28.5 Å². The summed E-state index contributed by atoms with van der Waals surface area (Å²) < 4.78 is 1.71. The number of aryl methyl sites for hydroxylation is 1. The molecule has 0 aliphatic carbocycles. The van der Waals surface area contributed by atoms with Crippen LogP contribution in [0.1, 0.15) is 43.7 Å². The van der Waals surface area contributed by atoms with Crippen LogP contribution in [-0.4, -0.2) is 51.8 Å². The van der Waals surface area contributed by atoms with Crippen molar-refractivity contribution in [3.05, 3.63) is 105 Å². The van der Waals surface area contributed by atoms with Gasteiger partial charge in [0.05, 0.1) is 35.2 Å². The maximum atomic E-state index is 14.6. The maximum Gasteiger partial charge on any atom is 0.274 e. The molecule has 7 rings (SSSR count). The summed E-state index contributed by atoms with van der Waals surface area (Å²) in [6, 6.07) is 15.9. The number of carbonyl (C=O) groups is 1. The highest BCUT2D eigenvalue weighted by molar-refractivity contribution is 6.35. The van der Waals surface area contributed by atoms with Gasteiger partial charge in [0.25, 0.3) is 11.2 Å². The number of aromatic nitrogens is 3. The minimum Gasteiger partial charge on any atom is -0.380 e. The second-order valence-electron chi connectivity index (χ2n) is 13.0. The predicted octanol–water partition coefficient (Wildman–Crippen LogP) is 7.78. The van der Waals surface area contributed by atoms with E-state index in [2.05, 4.69) is 40.4 Å². The summed E-state index contributed by atoms with van der Waals surface area (Å²) in [5, 5.41) is 9.59. The van der Waals surface area contributed by atoms with Gasteiger partial charge in [0.1, 0.15) is 0 Å². The van der Waals surface area contributed by atoms with Gasteiger partial charge >= 0.3 is 0 Å². The highest BCUT2D eigenvalue weighted by Gasteiger charge is 2.46. The number of likely N-dealkylation sites (tertiary alicyclic amines) is 1. The molecule has 0 unspecified atom stereocenters. The van der Waals surface area contributed by atoms with E-state index in [1.165, 1.54) is 6.08 Å². The first-order chi connectivity index (χ1) is 22.2. The number of anilines is 1. The minimum atomic E-state index is -0.344. The normalized spacial score (nSPS) is 15.8. The van der Waals surface area contributed by atoms with Gasteiger partial charge in [-0.1, -0.05) is 56.3 Å². The van der Waals surface area contributed by atoms with Crippen molar-refractivity contribution in [2.24, 2.45) is 5.41 Å². The number of benzene rings is 3. The summed E-state index contributed by atoms with van der Waals surface area (Å²) in [6.45, 7) is 20.9. The zero-order valence-corrected chi connectivity index (χ0v) is 27.0. The number of para-hydroxylation sites is 1. The minimum absolute atomic E-state index is 0.0357. The van der Waals surface area contributed by atoms with Crippen LogP contribution in [0.15, 0.2) is 72.2 Å². The summed E-state index contributed by atoms with van der Waals surface area (Å²) in [4.78, 5) is 34.6. The zero-order valence-electron chi connectivity index (χ0n) is 26.2. The highest BCUT2D eigenvalue weighted by Crippen LogP contribution is 2.46. The number of rotatable bonds is 5. The fraction of sp³-hybridized carbons (Fsp3) is 0.297. The first-order valence-electron chi connectivity index (χ1n) is 15.6. The quantitative estimate of drug-likeness (QED) is 0.159. The summed E-state index contributed by atoms with van der Waals surface area (Å²) in [5.41, 5.74) is 6.60. The lowest BCUT2D eigenvalue weighted by molar-refractivity contribution is -0.139. The van der Waals surface area contributed by atoms with Crippen LogP contribution in [0.2, 0.25) is 5.02 Å². The van der Waals surface area contributed by atoms with Gasteiger partial charge in [-0.3, -0.25) is 19.3 Å². The first-order valence-corrected chi connectivity index (χ1v) is 16.0. The number of halogens is 1. The van der Waals surface area contributed by atoms with Crippen LogP contribution in [0.25, 0.3) is 43.5 Å². The van der Waals surface area contributed by atoms with Crippen molar-refractivity contribution in [1.29, 1.82) is 0 Å². The molecule has 2 fully saturated rings. The van der Waals surface area contributed by atoms with Crippen molar-refractivity contribution < 1.29 is 4.79 Å². The Balaban J connectivity index is 1.46. The smallest absolute Gasteiger partial charge is 0.274 e. The number of pyridine rings is 1. The number of nitrogens with zero attached hydrogens (tertiary/aromatic N) is 5. The van der Waals surface area contributed by atoms with E-state index in [1.54, 1.807) is 10.8 Å². The van der Waals surface area contributed by atoms with Crippen LogP contribution in [0.3, 0.4) is 0 Å². The van der Waals surface area contributed by atoms with Gasteiger partial charge in [-0.25, -0.2) is 4.85 Å². The van der Waals surface area contributed by atoms with Gasteiger partial charge in [-0.2, -0.15) is 5.10 Å². The summed E-state index contributed by atoms with van der Waals surface area (Å²) in [7, 11) is 0. The molecule has 9 heteroatoms. The monoisotopic (exact) mass is 630 g/mol. The van der Waals surface area contributed by atoms with Crippen LogP contribution < -0.4 is 10.5 Å². The molecule has 232 valence electrons. The molecule has 46 heavy (non-hydrogen) atoms. The van der Waals surface area contributed by atoms with Crippen LogP contribution in [0.4, 0.5) is 11.4 Å². The van der Waals surface area contributed by atoms with E-state index in [1.807, 2.05) is 60.4 Å². The Morgan fingerprint density at radius 3 is 2.57 bits per heavy atom. The van der Waals surface area contributed by atoms with E-state index in [4.69, 9.17) is 18.2 Å². The van der Waals surface area contributed by atoms with E-state index in [0.29, 0.717) is 42.4 Å². The predicted molar refractivity (Wildman–Crippen MR) is 185 cm³/mol. The number of H-pyrrole nitrogens is 1. The molecule has 2 saturated heterocycles. The summed E-state index contributed by atoms with van der Waals surface area (Å²) >= 11 is 7.18. The second-order valence-corrected chi connectivity index (χ2v) is 13.4. The average molecular weight is 631 g/mol. The number of amides is 1. The molecule has 0 saturated carbocycles. The number of hydrogen-bond acceptors (Lipinski definition) is 4. The third-order valence-electron chi connectivity index (χ3n) is 9.90. The standard InChI is InChI=1S/C37H35ClN6O2/c1-6-32(45)43-20-37(21-43)13-15-42(16-14-37)35-26-17-28(38)25(33-23(4)11-12-29-27(33)19-40-41-29)18-31(26)44(36(46)34(35)39-5)30-10-8-7-9-24(30)22(2)3/h6-12,17-19,22H,1,13-16,20-21H2,2-4H3,(H,40,41). The maximum absolute atomic E-state index is 14.6. The molecule has 0 bridgehead atoms. The molecular formula is C37H35ClN6O2. The molecule has 4 heterocycles. The Hall–Kier alpha value is -4.87. The number of fused-ring (bicyclic) bond motifs is 2. The molecule has 1 amide bonds. The Bertz CT molecular complexity index is 2160. The highest BCUT2D eigenvalue weighted by atomic mass is 35.5. The van der Waals surface area contributed by atoms with Crippen LogP contribution in [0, 0.1) is 18.9 Å². The van der Waals surface area contributed by atoms with E-state index in [0.717, 1.165) is 57.1 Å². The Labute approximate surface area is 272 Å². The van der Waals surface area contributed by atoms with Crippen molar-refractivity contribution in [2.75, 3.05) is 31.1 Å². The SMILES string of the molecule is [C-]#[N+]c1c(N2CCC3(CC2)CN(C(=O)C=C)C3)c2cc(Cl)c(-c3c(C)ccc4[nH]ncc34)cc2n(-c2ccccc2C(C)C)c1=O. The molecule has 0 atom stereocenters. The van der Waals surface area contributed by atoms with E-state index >= 15 is 0 Å². The molecule has 1 N–H and O–H groups in total. The summed E-state index contributed by atoms with van der Waals surface area (Å²) in [5.74, 6) is 0.114. The van der Waals surface area contributed by atoms with Crippen molar-refractivity contribution in [1.82, 2.24) is 19.7 Å². The molecular weight excluding hydrogens is 596 g/mol. The van der Waals surface area contributed by atoms with Crippen molar-refractivity contribution >= 4 is 50.7 Å². The molecule has 0 radical (unpaired) electrons. The molecule has 2 aliphatic rings. The number of carbonyl (C=O) groups excluding carboxylic acids is 1. The van der Waals surface area contributed by atoms with Gasteiger partial charge in [0.15, 0.2) is 0 Å². The van der Waals surface area contributed by atoms with Crippen LogP contribution >= 0.6 is 11.6 Å². The average Bonchev–Trinajstić information content (AvgIpc) is 3.52. The topological polar surface area (TPSA) is 78.6 Å². The van der Waals surface area contributed by atoms with E-state index < -0.39 is 0 Å². The lowest BCUT2D eigenvalue weighted by atomic mass is 9.72. The van der Waals surface area contributed by atoms with Gasteiger partial charge < -0.3 is 9.80 Å². The van der Waals surface area contributed by atoms with Crippen molar-refractivity contribution in [2.45, 2.75) is 39.5 Å². The largest absolute Gasteiger partial charge is 0.380 e. The molecule has 2 aromatic heterocycles. The van der Waals surface area contributed by atoms with Crippen molar-refractivity contribution in [3.8, 4) is 16.8 Å². The summed E-state index contributed by atoms with van der Waals surface area (Å²) in [6.07, 6.45) is 4.90. The Morgan fingerprint density at radius 2 is 1.87 bits per heavy atom. The molecule has 3 aromatic carbocycles. The molecule has 8 nitrogen and oxygen atoms in total. The number of piperidine rings is 1. The number of hydrogen-bond donors (Lipinski definition) is 1. The third kappa shape index (κ3) is 4.61. The molecule has 2 aliphatic heterocycles. The fourth-order valence-corrected chi connectivity index (χ4v) is 7.72.